The van der Waals surface area contributed by atoms with E-state index in [1.165, 1.54) is 19.2 Å². The molecule has 4 rings (SSSR count). The number of nitrogens with zero attached hydrogens (tertiary/aromatic N) is 2. The standard InChI is InChI=1S/C21H21FN4O4/c1-3-26-7-6-12-14(22)8-16(19(30-2)18(12)26)24-15-9-17(23-10-13(15)21(28)29)25-20(27)11-4-5-11/h6-11H,3-5H2,1-2H3,(H,28,29)(H2,23,24,25,27). The Hall–Kier alpha value is -3.62. The molecule has 9 heteroatoms. The maximum absolute atomic E-state index is 14.7. The maximum atomic E-state index is 14.7. The topological polar surface area (TPSA) is 105 Å². The maximum Gasteiger partial charge on any atom is 0.339 e. The number of nitrogens with one attached hydrogen (secondary N) is 2. The third-order valence-corrected chi connectivity index (χ3v) is 5.10. The van der Waals surface area contributed by atoms with Gasteiger partial charge in [0.05, 0.1) is 24.0 Å². The van der Waals surface area contributed by atoms with Crippen molar-refractivity contribution in [1.82, 2.24) is 9.55 Å². The number of carboxylic acid groups (broad SMARTS) is 1. The van der Waals surface area contributed by atoms with Gasteiger partial charge in [-0.3, -0.25) is 4.79 Å². The molecule has 1 fully saturated rings. The van der Waals surface area contributed by atoms with Gasteiger partial charge in [-0.15, -0.1) is 0 Å². The number of amides is 1. The normalized spacial score (nSPS) is 13.3. The van der Waals surface area contributed by atoms with Crippen molar-refractivity contribution in [2.75, 3.05) is 17.7 Å². The fraction of sp³-hybridized carbons (Fsp3) is 0.286. The molecule has 30 heavy (non-hydrogen) atoms. The number of methoxy groups -OCH3 is 1. The zero-order valence-corrected chi connectivity index (χ0v) is 16.5. The van der Waals surface area contributed by atoms with Gasteiger partial charge in [-0.2, -0.15) is 0 Å². The van der Waals surface area contributed by atoms with Crippen molar-refractivity contribution >= 4 is 40.0 Å². The van der Waals surface area contributed by atoms with Crippen LogP contribution in [-0.2, 0) is 11.3 Å². The summed E-state index contributed by atoms with van der Waals surface area (Å²) in [7, 11) is 1.47. The monoisotopic (exact) mass is 412 g/mol. The molecule has 0 saturated heterocycles. The second-order valence-electron chi connectivity index (χ2n) is 7.11. The summed E-state index contributed by atoms with van der Waals surface area (Å²) in [6, 6.07) is 4.35. The van der Waals surface area contributed by atoms with E-state index in [4.69, 9.17) is 4.74 Å². The first-order valence-corrected chi connectivity index (χ1v) is 9.59. The van der Waals surface area contributed by atoms with E-state index in [-0.39, 0.29) is 34.6 Å². The van der Waals surface area contributed by atoms with Crippen molar-refractivity contribution in [2.45, 2.75) is 26.3 Å². The number of pyridine rings is 1. The van der Waals surface area contributed by atoms with Crippen LogP contribution in [0.3, 0.4) is 0 Å². The first kappa shape index (κ1) is 19.7. The summed E-state index contributed by atoms with van der Waals surface area (Å²) in [4.78, 5) is 27.7. The van der Waals surface area contributed by atoms with Gasteiger partial charge in [0.1, 0.15) is 17.2 Å². The van der Waals surface area contributed by atoms with Gasteiger partial charge in [0.2, 0.25) is 5.91 Å². The number of fused-ring (bicyclic) bond motifs is 1. The summed E-state index contributed by atoms with van der Waals surface area (Å²) in [5.41, 5.74) is 0.878. The van der Waals surface area contributed by atoms with Crippen LogP contribution in [0.15, 0.2) is 30.6 Å². The highest BCUT2D eigenvalue weighted by Crippen LogP contribution is 2.39. The highest BCUT2D eigenvalue weighted by atomic mass is 19.1. The lowest BCUT2D eigenvalue weighted by atomic mass is 10.1. The number of halogens is 1. The van der Waals surface area contributed by atoms with Crippen LogP contribution in [0.25, 0.3) is 10.9 Å². The molecule has 3 aromatic rings. The number of anilines is 3. The van der Waals surface area contributed by atoms with Crippen molar-refractivity contribution in [3.05, 3.63) is 42.0 Å². The lowest BCUT2D eigenvalue weighted by molar-refractivity contribution is -0.117. The summed E-state index contributed by atoms with van der Waals surface area (Å²) < 4.78 is 22.1. The van der Waals surface area contributed by atoms with Gasteiger partial charge in [0.25, 0.3) is 0 Å². The van der Waals surface area contributed by atoms with E-state index >= 15 is 0 Å². The van der Waals surface area contributed by atoms with Crippen LogP contribution in [0, 0.1) is 11.7 Å². The molecule has 2 heterocycles. The lowest BCUT2D eigenvalue weighted by Crippen LogP contribution is -2.15. The zero-order valence-electron chi connectivity index (χ0n) is 16.5. The largest absolute Gasteiger partial charge is 0.492 e. The highest BCUT2D eigenvalue weighted by Gasteiger charge is 2.30. The van der Waals surface area contributed by atoms with Crippen molar-refractivity contribution < 1.29 is 23.8 Å². The number of aromatic carboxylic acids is 1. The number of ether oxygens (including phenoxy) is 1. The average Bonchev–Trinajstić information content (AvgIpc) is 3.48. The highest BCUT2D eigenvalue weighted by molar-refractivity contribution is 5.99. The number of carbonyl (C=O) groups excluding carboxylic acids is 1. The summed E-state index contributed by atoms with van der Waals surface area (Å²) >= 11 is 0. The zero-order chi connectivity index (χ0) is 21.4. The summed E-state index contributed by atoms with van der Waals surface area (Å²) in [5.74, 6) is -1.24. The minimum atomic E-state index is -1.21. The Morgan fingerprint density at radius 3 is 2.73 bits per heavy atom. The first-order valence-electron chi connectivity index (χ1n) is 9.59. The van der Waals surface area contributed by atoms with Gasteiger partial charge < -0.3 is 25.0 Å². The Kier molecular flexibility index (Phi) is 5.03. The number of aromatic nitrogens is 2. The predicted octanol–water partition coefficient (Wildman–Crippen LogP) is 3.99. The van der Waals surface area contributed by atoms with Crippen LogP contribution < -0.4 is 15.4 Å². The number of aryl methyl sites for hydroxylation is 1. The van der Waals surface area contributed by atoms with Gasteiger partial charge in [-0.25, -0.2) is 14.2 Å². The molecule has 3 N–H and O–H groups in total. The number of carboxylic acids is 1. The lowest BCUT2D eigenvalue weighted by Gasteiger charge is -2.16. The number of hydrogen-bond donors (Lipinski definition) is 3. The van der Waals surface area contributed by atoms with Gasteiger partial charge >= 0.3 is 5.97 Å². The number of carbonyl (C=O) groups is 2. The van der Waals surface area contributed by atoms with E-state index in [0.29, 0.717) is 23.2 Å². The molecule has 0 atom stereocenters. The van der Waals surface area contributed by atoms with Crippen molar-refractivity contribution in [1.29, 1.82) is 0 Å². The Balaban J connectivity index is 1.78. The fourth-order valence-corrected chi connectivity index (χ4v) is 3.40. The van der Waals surface area contributed by atoms with Crippen LogP contribution >= 0.6 is 0 Å². The molecule has 0 unspecified atom stereocenters. The average molecular weight is 412 g/mol. The summed E-state index contributed by atoms with van der Waals surface area (Å²) in [6.07, 6.45) is 4.58. The molecular formula is C21H21FN4O4. The molecule has 156 valence electrons. The van der Waals surface area contributed by atoms with Crippen molar-refractivity contribution in [2.24, 2.45) is 5.92 Å². The molecule has 1 aliphatic rings. The van der Waals surface area contributed by atoms with Crippen LogP contribution in [0.1, 0.15) is 30.1 Å². The third-order valence-electron chi connectivity index (χ3n) is 5.10. The molecule has 0 bridgehead atoms. The minimum absolute atomic E-state index is 0.0270. The fourth-order valence-electron chi connectivity index (χ4n) is 3.40. The number of hydrogen-bond acceptors (Lipinski definition) is 5. The van der Waals surface area contributed by atoms with Gasteiger partial charge in [-0.1, -0.05) is 0 Å². The molecule has 0 spiro atoms. The number of benzene rings is 1. The Labute approximate surface area is 171 Å². The molecule has 0 radical (unpaired) electrons. The molecule has 1 aromatic carbocycles. The van der Waals surface area contributed by atoms with Crippen LogP contribution in [-0.4, -0.2) is 33.6 Å². The van der Waals surface area contributed by atoms with Gasteiger partial charge in [0, 0.05) is 42.4 Å². The molecule has 8 nitrogen and oxygen atoms in total. The Bertz CT molecular complexity index is 1150. The molecule has 1 amide bonds. The van der Waals surface area contributed by atoms with Gasteiger partial charge in [-0.05, 0) is 25.8 Å². The molecule has 1 aliphatic carbocycles. The van der Waals surface area contributed by atoms with Crippen LogP contribution in [0.2, 0.25) is 0 Å². The van der Waals surface area contributed by atoms with Crippen molar-refractivity contribution in [3.8, 4) is 5.75 Å². The molecule has 0 aliphatic heterocycles. The SMILES string of the molecule is CCn1ccc2c(F)cc(Nc3cc(NC(=O)C4CC4)ncc3C(=O)O)c(OC)c21. The van der Waals surface area contributed by atoms with Crippen LogP contribution in [0.5, 0.6) is 5.75 Å². The second kappa shape index (κ2) is 7.66. The Morgan fingerprint density at radius 1 is 1.33 bits per heavy atom. The molecular weight excluding hydrogens is 391 g/mol. The van der Waals surface area contributed by atoms with E-state index in [1.54, 1.807) is 12.3 Å². The smallest absolute Gasteiger partial charge is 0.339 e. The van der Waals surface area contributed by atoms with E-state index in [0.717, 1.165) is 19.0 Å². The van der Waals surface area contributed by atoms with E-state index < -0.39 is 11.8 Å². The van der Waals surface area contributed by atoms with E-state index in [1.807, 2.05) is 11.5 Å². The van der Waals surface area contributed by atoms with Crippen LogP contribution in [0.4, 0.5) is 21.6 Å². The predicted molar refractivity (Wildman–Crippen MR) is 110 cm³/mol. The van der Waals surface area contributed by atoms with E-state index in [9.17, 15) is 19.1 Å². The minimum Gasteiger partial charge on any atom is -0.492 e. The van der Waals surface area contributed by atoms with Crippen molar-refractivity contribution in [3.63, 3.8) is 0 Å². The summed E-state index contributed by atoms with van der Waals surface area (Å²) in [5, 5.41) is 15.6. The van der Waals surface area contributed by atoms with Gasteiger partial charge in [0.15, 0.2) is 5.75 Å². The van der Waals surface area contributed by atoms with E-state index in [2.05, 4.69) is 15.6 Å². The first-order chi connectivity index (χ1) is 14.4. The molecule has 1 saturated carbocycles. The summed E-state index contributed by atoms with van der Waals surface area (Å²) in [6.45, 7) is 2.53. The second-order valence-corrected chi connectivity index (χ2v) is 7.11. The number of rotatable bonds is 7. The molecule has 2 aromatic heterocycles. The Morgan fingerprint density at radius 2 is 2.10 bits per heavy atom. The third kappa shape index (κ3) is 3.54. The quantitative estimate of drug-likeness (QED) is 0.542.